The van der Waals surface area contributed by atoms with E-state index in [1.54, 1.807) is 24.3 Å². The minimum absolute atomic E-state index is 0.0420. The van der Waals surface area contributed by atoms with Gasteiger partial charge in [-0.05, 0) is 30.3 Å². The molecular formula is C17H15F3N6O2S. The van der Waals surface area contributed by atoms with E-state index < -0.39 is 11.9 Å². The van der Waals surface area contributed by atoms with Crippen molar-refractivity contribution < 1.29 is 22.7 Å². The quantitative estimate of drug-likeness (QED) is 0.460. The third kappa shape index (κ3) is 5.67. The van der Waals surface area contributed by atoms with Gasteiger partial charge in [0.1, 0.15) is 24.1 Å². The van der Waals surface area contributed by atoms with E-state index in [2.05, 4.69) is 25.6 Å². The zero-order valence-corrected chi connectivity index (χ0v) is 15.9. The summed E-state index contributed by atoms with van der Waals surface area (Å²) in [6.45, 7) is 0. The molecule has 0 fully saturated rings. The number of benzene rings is 1. The van der Waals surface area contributed by atoms with Gasteiger partial charge in [0.2, 0.25) is 5.91 Å². The number of rotatable bonds is 7. The van der Waals surface area contributed by atoms with Crippen molar-refractivity contribution in [2.45, 2.75) is 17.8 Å². The molecule has 2 aromatic heterocycles. The van der Waals surface area contributed by atoms with Crippen LogP contribution in [0.1, 0.15) is 12.1 Å². The predicted octanol–water partition coefficient (Wildman–Crippen LogP) is 3.01. The summed E-state index contributed by atoms with van der Waals surface area (Å²) in [5.41, 5.74) is 2.07. The number of ether oxygens (including phenoxy) is 1. The number of carbonyl (C=O) groups is 1. The van der Waals surface area contributed by atoms with Crippen LogP contribution in [0.3, 0.4) is 0 Å². The summed E-state index contributed by atoms with van der Waals surface area (Å²) in [5, 5.41) is 7.02. The first-order chi connectivity index (χ1) is 13.8. The van der Waals surface area contributed by atoms with Crippen LogP contribution in [0.25, 0.3) is 11.3 Å². The van der Waals surface area contributed by atoms with Gasteiger partial charge in [0.25, 0.3) is 0 Å². The maximum atomic E-state index is 13.2. The third-order valence-electron chi connectivity index (χ3n) is 3.61. The van der Waals surface area contributed by atoms with Crippen molar-refractivity contribution >= 4 is 17.7 Å². The standard InChI is InChI=1S/C17H15F3N6O2S/c1-28-12-4-2-11(3-5-12)13-8-14(17(18,19)20)24-16(23-13)29-7-6-15(27)25-26-9-21-22-10-26/h2-5,8-10H,6-7H2,1H3,(H,25,27). The average Bonchev–Trinajstić information content (AvgIpc) is 3.20. The van der Waals surface area contributed by atoms with Crippen LogP contribution >= 0.6 is 11.8 Å². The molecule has 0 aliphatic carbocycles. The Hall–Kier alpha value is -3.15. The van der Waals surface area contributed by atoms with Crippen molar-refractivity contribution in [3.63, 3.8) is 0 Å². The number of nitrogens with zero attached hydrogens (tertiary/aromatic N) is 5. The van der Waals surface area contributed by atoms with E-state index in [1.807, 2.05) is 0 Å². The van der Waals surface area contributed by atoms with E-state index in [0.717, 1.165) is 17.8 Å². The summed E-state index contributed by atoms with van der Waals surface area (Å²) in [5.74, 6) is 0.421. The molecule has 12 heteroatoms. The van der Waals surface area contributed by atoms with Gasteiger partial charge in [0, 0.05) is 17.7 Å². The minimum Gasteiger partial charge on any atom is -0.497 e. The van der Waals surface area contributed by atoms with Crippen LogP contribution < -0.4 is 10.2 Å². The highest BCUT2D eigenvalue weighted by molar-refractivity contribution is 7.99. The van der Waals surface area contributed by atoms with Crippen molar-refractivity contribution in [3.8, 4) is 17.0 Å². The molecule has 0 radical (unpaired) electrons. The Kier molecular flexibility index (Phi) is 6.32. The molecule has 1 aromatic carbocycles. The van der Waals surface area contributed by atoms with Gasteiger partial charge < -0.3 is 4.74 Å². The van der Waals surface area contributed by atoms with E-state index in [9.17, 15) is 18.0 Å². The summed E-state index contributed by atoms with van der Waals surface area (Å²) < 4.78 is 46.1. The summed E-state index contributed by atoms with van der Waals surface area (Å²) in [4.78, 5) is 19.6. The van der Waals surface area contributed by atoms with Gasteiger partial charge in [-0.25, -0.2) is 14.6 Å². The van der Waals surface area contributed by atoms with Crippen LogP contribution in [-0.2, 0) is 11.0 Å². The summed E-state index contributed by atoms with van der Waals surface area (Å²) in [6.07, 6.45) is -1.96. The highest BCUT2D eigenvalue weighted by atomic mass is 32.2. The lowest BCUT2D eigenvalue weighted by Gasteiger charge is -2.11. The van der Waals surface area contributed by atoms with Gasteiger partial charge in [-0.2, -0.15) is 13.2 Å². The topological polar surface area (TPSA) is 94.8 Å². The molecule has 0 bridgehead atoms. The van der Waals surface area contributed by atoms with Gasteiger partial charge >= 0.3 is 6.18 Å². The van der Waals surface area contributed by atoms with Gasteiger partial charge in [0.05, 0.1) is 12.8 Å². The Labute approximate surface area is 167 Å². The van der Waals surface area contributed by atoms with Crippen LogP contribution in [0.4, 0.5) is 13.2 Å². The van der Waals surface area contributed by atoms with Gasteiger partial charge in [-0.15, -0.1) is 10.2 Å². The van der Waals surface area contributed by atoms with Crippen molar-refractivity contribution in [1.82, 2.24) is 24.8 Å². The molecule has 29 heavy (non-hydrogen) atoms. The first-order valence-corrected chi connectivity index (χ1v) is 9.21. The summed E-state index contributed by atoms with van der Waals surface area (Å²) in [7, 11) is 1.50. The lowest BCUT2D eigenvalue weighted by Crippen LogP contribution is -2.21. The molecule has 0 aliphatic rings. The monoisotopic (exact) mass is 424 g/mol. The minimum atomic E-state index is -4.62. The smallest absolute Gasteiger partial charge is 0.433 e. The number of nitrogens with one attached hydrogen (secondary N) is 1. The first kappa shape index (κ1) is 20.6. The van der Waals surface area contributed by atoms with Crippen LogP contribution in [-0.4, -0.2) is 43.6 Å². The molecular weight excluding hydrogens is 409 g/mol. The van der Waals surface area contributed by atoms with E-state index in [4.69, 9.17) is 4.74 Å². The number of hydrogen-bond donors (Lipinski definition) is 1. The summed E-state index contributed by atoms with van der Waals surface area (Å²) >= 11 is 0.960. The number of carbonyl (C=O) groups excluding carboxylic acids is 1. The number of thioether (sulfide) groups is 1. The van der Waals surface area contributed by atoms with E-state index in [0.29, 0.717) is 11.3 Å². The molecule has 0 saturated heterocycles. The van der Waals surface area contributed by atoms with Crippen molar-refractivity contribution in [1.29, 1.82) is 0 Å². The van der Waals surface area contributed by atoms with E-state index in [-0.39, 0.29) is 28.9 Å². The number of amides is 1. The Morgan fingerprint density at radius 1 is 1.17 bits per heavy atom. The lowest BCUT2D eigenvalue weighted by molar-refractivity contribution is -0.141. The highest BCUT2D eigenvalue weighted by Gasteiger charge is 2.33. The molecule has 3 rings (SSSR count). The Morgan fingerprint density at radius 3 is 2.48 bits per heavy atom. The molecule has 152 valence electrons. The molecule has 8 nitrogen and oxygen atoms in total. The highest BCUT2D eigenvalue weighted by Crippen LogP contribution is 2.32. The van der Waals surface area contributed by atoms with Gasteiger partial charge in [-0.3, -0.25) is 10.2 Å². The maximum absolute atomic E-state index is 13.2. The van der Waals surface area contributed by atoms with Crippen LogP contribution in [0, 0.1) is 0 Å². The Balaban J connectivity index is 1.73. The van der Waals surface area contributed by atoms with Crippen molar-refractivity contribution in [2.24, 2.45) is 0 Å². The SMILES string of the molecule is COc1ccc(-c2cc(C(F)(F)F)nc(SCCC(=O)Nn3cnnc3)n2)cc1. The Morgan fingerprint density at radius 2 is 1.86 bits per heavy atom. The molecule has 0 spiro atoms. The molecule has 0 unspecified atom stereocenters. The fourth-order valence-corrected chi connectivity index (χ4v) is 3.03. The second kappa shape index (κ2) is 8.90. The molecule has 1 amide bonds. The van der Waals surface area contributed by atoms with Crippen molar-refractivity contribution in [3.05, 3.63) is 48.7 Å². The largest absolute Gasteiger partial charge is 0.497 e. The normalized spacial score (nSPS) is 11.3. The molecule has 0 saturated carbocycles. The fraction of sp³-hybridized carbons (Fsp3) is 0.235. The van der Waals surface area contributed by atoms with Crippen molar-refractivity contribution in [2.75, 3.05) is 18.3 Å². The molecule has 0 atom stereocenters. The summed E-state index contributed by atoms with van der Waals surface area (Å²) in [6, 6.07) is 7.38. The first-order valence-electron chi connectivity index (χ1n) is 8.23. The number of aromatic nitrogens is 5. The Bertz CT molecular complexity index is 964. The molecule has 3 aromatic rings. The van der Waals surface area contributed by atoms with Gasteiger partial charge in [0.15, 0.2) is 5.16 Å². The number of methoxy groups -OCH3 is 1. The zero-order valence-electron chi connectivity index (χ0n) is 15.1. The second-order valence-corrected chi connectivity index (χ2v) is 6.71. The van der Waals surface area contributed by atoms with E-state index >= 15 is 0 Å². The van der Waals surface area contributed by atoms with Crippen LogP contribution in [0.2, 0.25) is 0 Å². The number of hydrogen-bond acceptors (Lipinski definition) is 7. The number of halogens is 3. The van der Waals surface area contributed by atoms with Gasteiger partial charge in [-0.1, -0.05) is 11.8 Å². The fourth-order valence-electron chi connectivity index (χ4n) is 2.24. The molecule has 1 N–H and O–H groups in total. The maximum Gasteiger partial charge on any atom is 0.433 e. The zero-order chi connectivity index (χ0) is 20.9. The van der Waals surface area contributed by atoms with Crippen LogP contribution in [0.15, 0.2) is 48.1 Å². The van der Waals surface area contributed by atoms with Crippen LogP contribution in [0.5, 0.6) is 5.75 Å². The van der Waals surface area contributed by atoms with E-state index in [1.165, 1.54) is 24.4 Å². The molecule has 0 aliphatic heterocycles. The second-order valence-electron chi connectivity index (χ2n) is 5.65. The predicted molar refractivity (Wildman–Crippen MR) is 98.8 cm³/mol. The third-order valence-corrected chi connectivity index (χ3v) is 4.46. The number of alkyl halides is 3. The lowest BCUT2D eigenvalue weighted by atomic mass is 10.1. The average molecular weight is 424 g/mol. The molecule has 2 heterocycles.